The Balaban J connectivity index is 1.53. The van der Waals surface area contributed by atoms with Crippen molar-refractivity contribution in [3.8, 4) is 11.6 Å². The van der Waals surface area contributed by atoms with E-state index in [9.17, 15) is 4.79 Å². The highest BCUT2D eigenvalue weighted by Gasteiger charge is 2.22. The largest absolute Gasteiger partial charge is 0.493 e. The fourth-order valence-electron chi connectivity index (χ4n) is 4.07. The number of rotatable bonds is 5. The van der Waals surface area contributed by atoms with Crippen LogP contribution in [0.25, 0.3) is 11.9 Å². The molecule has 3 heterocycles. The van der Waals surface area contributed by atoms with Gasteiger partial charge in [-0.1, -0.05) is 18.2 Å². The summed E-state index contributed by atoms with van der Waals surface area (Å²) in [5, 5.41) is 7.56. The summed E-state index contributed by atoms with van der Waals surface area (Å²) >= 11 is 0. The van der Waals surface area contributed by atoms with Crippen LogP contribution in [0.2, 0.25) is 0 Å². The lowest BCUT2D eigenvalue weighted by Gasteiger charge is -2.26. The van der Waals surface area contributed by atoms with Gasteiger partial charge in [-0.3, -0.25) is 4.79 Å². The maximum absolute atomic E-state index is 12.6. The Morgan fingerprint density at radius 2 is 2.07 bits per heavy atom. The van der Waals surface area contributed by atoms with Crippen molar-refractivity contribution in [1.29, 1.82) is 0 Å². The number of carbonyl (C=O) groups is 1. The van der Waals surface area contributed by atoms with Gasteiger partial charge in [0.2, 0.25) is 5.91 Å². The number of nitrogens with one attached hydrogen (secondary N) is 1. The van der Waals surface area contributed by atoms with Crippen LogP contribution < -0.4 is 10.1 Å². The zero-order valence-electron chi connectivity index (χ0n) is 17.9. The summed E-state index contributed by atoms with van der Waals surface area (Å²) in [4.78, 5) is 12.6. The van der Waals surface area contributed by atoms with Crippen molar-refractivity contribution in [3.63, 3.8) is 0 Å². The second kappa shape index (κ2) is 8.22. The lowest BCUT2D eigenvalue weighted by atomic mass is 10.0. The average molecular weight is 405 g/mol. The standard InChI is InChI=1S/C24H28N4O2/c1-16(2)28-24(11-13-25-28)27-17(3)15-19(18(27)4)9-10-23(29)26-21-12-14-30-22-8-6-5-7-20(21)22/h5-11,13,15-16,21H,12,14H2,1-4H3,(H,26,29)/b10-9+/t21-/m1/s1. The fraction of sp³-hybridized carbons (Fsp3) is 0.333. The maximum atomic E-state index is 12.6. The zero-order chi connectivity index (χ0) is 21.3. The first-order valence-corrected chi connectivity index (χ1v) is 10.4. The van der Waals surface area contributed by atoms with Crippen LogP contribution in [-0.2, 0) is 4.79 Å². The molecule has 4 rings (SSSR count). The van der Waals surface area contributed by atoms with Gasteiger partial charge in [-0.25, -0.2) is 4.68 Å². The molecule has 1 aliphatic rings. The van der Waals surface area contributed by atoms with Gasteiger partial charge < -0.3 is 14.6 Å². The molecule has 6 heteroatoms. The maximum Gasteiger partial charge on any atom is 0.244 e. The summed E-state index contributed by atoms with van der Waals surface area (Å²) in [6.07, 6.45) is 6.09. The number of hydrogen-bond acceptors (Lipinski definition) is 3. The SMILES string of the molecule is Cc1cc(/C=C/C(=O)N[C@@H]2CCOc3ccccc32)c(C)n1-c1ccnn1C(C)C. The van der Waals surface area contributed by atoms with Gasteiger partial charge in [-0.15, -0.1) is 0 Å². The van der Waals surface area contributed by atoms with E-state index in [1.165, 1.54) is 0 Å². The third-order valence-electron chi connectivity index (χ3n) is 5.53. The number of carbonyl (C=O) groups excluding carboxylic acids is 1. The van der Waals surface area contributed by atoms with Crippen molar-refractivity contribution in [3.05, 3.63) is 71.2 Å². The molecule has 0 unspecified atom stereocenters. The third kappa shape index (κ3) is 3.77. The van der Waals surface area contributed by atoms with E-state index in [-0.39, 0.29) is 18.0 Å². The number of benzene rings is 1. The van der Waals surface area contributed by atoms with E-state index in [1.807, 2.05) is 47.3 Å². The molecule has 1 aromatic carbocycles. The molecule has 0 aliphatic carbocycles. The summed E-state index contributed by atoms with van der Waals surface area (Å²) < 4.78 is 9.86. The lowest BCUT2D eigenvalue weighted by Crippen LogP contribution is -2.30. The van der Waals surface area contributed by atoms with Gasteiger partial charge in [0.15, 0.2) is 0 Å². The first-order chi connectivity index (χ1) is 14.5. The minimum atomic E-state index is -0.103. The van der Waals surface area contributed by atoms with Crippen LogP contribution in [0.1, 0.15) is 54.9 Å². The molecule has 3 aromatic rings. The number of amides is 1. The predicted octanol–water partition coefficient (Wildman–Crippen LogP) is 4.52. The molecule has 30 heavy (non-hydrogen) atoms. The first-order valence-electron chi connectivity index (χ1n) is 10.4. The van der Waals surface area contributed by atoms with Crippen LogP contribution in [-0.4, -0.2) is 26.9 Å². The van der Waals surface area contributed by atoms with Crippen LogP contribution >= 0.6 is 0 Å². The van der Waals surface area contributed by atoms with Gasteiger partial charge in [0.1, 0.15) is 11.6 Å². The molecule has 0 fully saturated rings. The monoisotopic (exact) mass is 404 g/mol. The number of ether oxygens (including phenoxy) is 1. The Kier molecular flexibility index (Phi) is 5.48. The van der Waals surface area contributed by atoms with Crippen LogP contribution in [0, 0.1) is 13.8 Å². The molecule has 0 saturated carbocycles. The summed E-state index contributed by atoms with van der Waals surface area (Å²) in [7, 11) is 0. The number of aromatic nitrogens is 3. The molecular weight excluding hydrogens is 376 g/mol. The van der Waals surface area contributed by atoms with Crippen molar-refractivity contribution in [2.24, 2.45) is 0 Å². The molecule has 0 spiro atoms. The molecule has 1 N–H and O–H groups in total. The van der Waals surface area contributed by atoms with Crippen LogP contribution in [0.5, 0.6) is 5.75 Å². The van der Waals surface area contributed by atoms with E-state index in [2.05, 4.69) is 48.7 Å². The van der Waals surface area contributed by atoms with Crippen LogP contribution in [0.3, 0.4) is 0 Å². The van der Waals surface area contributed by atoms with Gasteiger partial charge >= 0.3 is 0 Å². The van der Waals surface area contributed by atoms with E-state index in [0.29, 0.717) is 6.61 Å². The molecule has 0 bridgehead atoms. The fourth-order valence-corrected chi connectivity index (χ4v) is 4.07. The number of hydrogen-bond donors (Lipinski definition) is 1. The van der Waals surface area contributed by atoms with Gasteiger partial charge in [0.25, 0.3) is 0 Å². The van der Waals surface area contributed by atoms with Gasteiger partial charge in [-0.05, 0) is 51.5 Å². The summed E-state index contributed by atoms with van der Waals surface area (Å²) in [5.41, 5.74) is 4.24. The average Bonchev–Trinajstić information content (AvgIpc) is 3.31. The topological polar surface area (TPSA) is 61.1 Å². The molecule has 2 aromatic heterocycles. The summed E-state index contributed by atoms with van der Waals surface area (Å²) in [5.74, 6) is 1.78. The summed E-state index contributed by atoms with van der Waals surface area (Å²) in [6, 6.07) is 12.2. The van der Waals surface area contributed by atoms with Crippen molar-refractivity contribution >= 4 is 12.0 Å². The Bertz CT molecular complexity index is 1090. The van der Waals surface area contributed by atoms with Gasteiger partial charge in [-0.2, -0.15) is 5.10 Å². The quantitative estimate of drug-likeness (QED) is 0.636. The van der Waals surface area contributed by atoms with E-state index < -0.39 is 0 Å². The summed E-state index contributed by atoms with van der Waals surface area (Å²) in [6.45, 7) is 8.98. The molecule has 1 amide bonds. The Morgan fingerprint density at radius 1 is 1.27 bits per heavy atom. The van der Waals surface area contributed by atoms with Gasteiger partial charge in [0.05, 0.1) is 18.8 Å². The van der Waals surface area contributed by atoms with Gasteiger partial charge in [0, 0.05) is 41.6 Å². The van der Waals surface area contributed by atoms with E-state index in [0.717, 1.165) is 40.5 Å². The normalized spacial score (nSPS) is 16.0. The van der Waals surface area contributed by atoms with E-state index in [4.69, 9.17) is 4.74 Å². The molecule has 0 saturated heterocycles. The molecule has 1 atom stereocenters. The minimum absolute atomic E-state index is 0.0278. The number of nitrogens with zero attached hydrogens (tertiary/aromatic N) is 3. The molecule has 156 valence electrons. The highest BCUT2D eigenvalue weighted by Crippen LogP contribution is 2.31. The Morgan fingerprint density at radius 3 is 2.87 bits per heavy atom. The van der Waals surface area contributed by atoms with Crippen molar-refractivity contribution in [2.75, 3.05) is 6.61 Å². The highest BCUT2D eigenvalue weighted by atomic mass is 16.5. The Hall–Kier alpha value is -3.28. The molecule has 6 nitrogen and oxygen atoms in total. The second-order valence-corrected chi connectivity index (χ2v) is 7.96. The predicted molar refractivity (Wildman–Crippen MR) is 118 cm³/mol. The third-order valence-corrected chi connectivity index (χ3v) is 5.53. The van der Waals surface area contributed by atoms with Crippen molar-refractivity contribution in [2.45, 2.75) is 46.2 Å². The molecule has 1 aliphatic heterocycles. The zero-order valence-corrected chi connectivity index (χ0v) is 17.9. The van der Waals surface area contributed by atoms with Crippen LogP contribution in [0.4, 0.5) is 0 Å². The Labute approximate surface area is 177 Å². The van der Waals surface area contributed by atoms with E-state index in [1.54, 1.807) is 6.08 Å². The molecule has 0 radical (unpaired) electrons. The molecular formula is C24H28N4O2. The second-order valence-electron chi connectivity index (χ2n) is 7.96. The lowest BCUT2D eigenvalue weighted by molar-refractivity contribution is -0.117. The smallest absolute Gasteiger partial charge is 0.244 e. The van der Waals surface area contributed by atoms with Crippen LogP contribution in [0.15, 0.2) is 48.7 Å². The highest BCUT2D eigenvalue weighted by molar-refractivity contribution is 5.92. The van der Waals surface area contributed by atoms with E-state index >= 15 is 0 Å². The number of fused-ring (bicyclic) bond motifs is 1. The number of aryl methyl sites for hydroxylation is 1. The van der Waals surface area contributed by atoms with Crippen molar-refractivity contribution < 1.29 is 9.53 Å². The van der Waals surface area contributed by atoms with Crippen molar-refractivity contribution in [1.82, 2.24) is 19.7 Å². The minimum Gasteiger partial charge on any atom is -0.493 e. The first kappa shape index (κ1) is 20.0. The number of para-hydroxylation sites is 1.